The number of allylic oxidation sites excluding steroid dienone is 8. The van der Waals surface area contributed by atoms with E-state index in [-0.39, 0.29) is 57.8 Å². The van der Waals surface area contributed by atoms with Gasteiger partial charge < -0.3 is 0 Å². The molecule has 0 fully saturated rings. The zero-order chi connectivity index (χ0) is 43.2. The molecule has 0 nitrogen and oxygen atoms in total. The van der Waals surface area contributed by atoms with Crippen molar-refractivity contribution in [2.24, 2.45) is 11.3 Å². The molecule has 4 aliphatic rings. The third-order valence-electron chi connectivity index (χ3n) is 15.5. The van der Waals surface area contributed by atoms with Gasteiger partial charge in [-0.15, -0.1) is 24.8 Å². The van der Waals surface area contributed by atoms with Crippen LogP contribution < -0.4 is 6.54 Å². The summed E-state index contributed by atoms with van der Waals surface area (Å²) < 4.78 is 12.3. The molecule has 3 heteroatoms. The molecule has 0 bridgehead atoms. The fraction of sp³-hybridized carbons (Fsp3) is 0.431. The summed E-state index contributed by atoms with van der Waals surface area (Å²) in [5.41, 5.74) is 20.3. The maximum atomic E-state index is 6.11. The molecule has 0 N–H and O–H groups in total. The second kappa shape index (κ2) is 14.9. The number of hydrogen-bond donors (Lipinski definition) is 0. The first kappa shape index (κ1) is 47.6. The monoisotopic (exact) mass is 930 g/mol. The normalized spacial score (nSPS) is 19.1. The van der Waals surface area contributed by atoms with Gasteiger partial charge in [-0.05, 0) is 0 Å². The van der Waals surface area contributed by atoms with Crippen molar-refractivity contribution in [3.8, 4) is 11.1 Å². The van der Waals surface area contributed by atoms with Gasteiger partial charge in [0.1, 0.15) is 0 Å². The van der Waals surface area contributed by atoms with E-state index in [1.807, 2.05) is 0 Å². The first-order chi connectivity index (χ1) is 27.2. The molecular weight excluding hydrogens is 859 g/mol. The number of fused-ring (bicyclic) bond motifs is 5. The Kier molecular flexibility index (Phi) is 11.6. The van der Waals surface area contributed by atoms with Crippen molar-refractivity contribution in [1.82, 2.24) is 0 Å². The van der Waals surface area contributed by atoms with Crippen molar-refractivity contribution in [3.05, 3.63) is 147 Å². The van der Waals surface area contributed by atoms with Gasteiger partial charge in [0.15, 0.2) is 0 Å². The van der Waals surface area contributed by atoms with Gasteiger partial charge in [0, 0.05) is 0 Å². The van der Waals surface area contributed by atoms with Crippen LogP contribution in [-0.2, 0) is 46.4 Å². The molecule has 0 heterocycles. The first-order valence-corrected chi connectivity index (χ1v) is 29.3. The Morgan fingerprint density at radius 3 is 1.54 bits per heavy atom. The summed E-state index contributed by atoms with van der Waals surface area (Å²) in [5, 5.41) is 0. The summed E-state index contributed by atoms with van der Waals surface area (Å²) in [7, 11) is 0. The molecule has 0 saturated carbocycles. The maximum absolute atomic E-state index is 6.11. The van der Waals surface area contributed by atoms with Crippen molar-refractivity contribution in [2.45, 2.75) is 152 Å². The molecule has 0 spiro atoms. The molecule has 4 aromatic carbocycles. The van der Waals surface area contributed by atoms with E-state index < -0.39 is 18.3 Å². The number of hydrogen-bond acceptors (Lipinski definition) is 0. The van der Waals surface area contributed by atoms with E-state index >= 15 is 0 Å². The third kappa shape index (κ3) is 6.78. The molecule has 0 aromatic heterocycles. The molecule has 324 valence electrons. The standard InChI is InChI=1S/C25H25.C12H19.2C10H13.CH2.2ClH.Zr/c1-14-12-24(3,4)22-8-16-7-17-9-23-19(15(2)13-25(23,5)6)11-21(17)20(16)10-18(14)22;1-6-10-7-9(2)8-11(10)12(3,4)5;2*1-10(2,3)9-7-5-4-6-8-9;;;;/h8-12H,7H2,1-6H3;8-9H,6H2,1-5H3;2*5-8H,1-3H3;1H2;2*1H;. The van der Waals surface area contributed by atoms with E-state index in [0.717, 1.165) is 12.8 Å². The zero-order valence-corrected chi connectivity index (χ0v) is 44.7. The Hall–Kier alpha value is -2.83. The third-order valence-corrected chi connectivity index (χ3v) is 33.4. The summed E-state index contributed by atoms with van der Waals surface area (Å²) in [6.45, 7) is 40.9. The van der Waals surface area contributed by atoms with Crippen LogP contribution in [0, 0.1) is 11.3 Å². The van der Waals surface area contributed by atoms with Gasteiger partial charge in [-0.1, -0.05) is 0 Å². The van der Waals surface area contributed by atoms with Crippen LogP contribution in [0.25, 0.3) is 22.3 Å². The Labute approximate surface area is 384 Å². The molecule has 4 aliphatic carbocycles. The summed E-state index contributed by atoms with van der Waals surface area (Å²) in [6, 6.07) is 30.3. The van der Waals surface area contributed by atoms with Crippen LogP contribution in [-0.4, -0.2) is 4.21 Å². The number of halogens is 2. The van der Waals surface area contributed by atoms with E-state index in [1.54, 1.807) is 12.1 Å². The van der Waals surface area contributed by atoms with E-state index in [0.29, 0.717) is 0 Å². The summed E-state index contributed by atoms with van der Waals surface area (Å²) in [6.07, 6.45) is 7.10. The molecule has 1 atom stereocenters. The molecule has 0 saturated heterocycles. The SMILES string of the molecule is Cl.Cl.[CH2]=[Zr]([C]1=C(CC)C(C(C)(C)C)=CC1C)([C]1=C(C)c2cc3c(cc2C1(C)C)Cc1cc2c(cc1-3)C(C)=CC2(C)C)([c]1ccc(C(C)(C)C)cc1)[c]1ccc(C(C)(C)C)cc1. The van der Waals surface area contributed by atoms with Crippen molar-refractivity contribution >= 4 is 46.7 Å². The van der Waals surface area contributed by atoms with Crippen LogP contribution in [0.5, 0.6) is 0 Å². The molecule has 4 aromatic rings. The summed E-state index contributed by atoms with van der Waals surface area (Å²) in [4.78, 5) is 0. The minimum absolute atomic E-state index is 0. The van der Waals surface area contributed by atoms with Crippen LogP contribution in [0.1, 0.15) is 169 Å². The molecule has 0 amide bonds. The molecule has 61 heavy (non-hydrogen) atoms. The van der Waals surface area contributed by atoms with Crippen LogP contribution in [0.3, 0.4) is 0 Å². The van der Waals surface area contributed by atoms with Crippen LogP contribution in [0.4, 0.5) is 0 Å². The summed E-state index contributed by atoms with van der Waals surface area (Å²) in [5.74, 6) is 0.270. The average molecular weight is 933 g/mol. The van der Waals surface area contributed by atoms with Crippen LogP contribution in [0.15, 0.2) is 103 Å². The Morgan fingerprint density at radius 2 is 1.10 bits per heavy atom. The van der Waals surface area contributed by atoms with Crippen molar-refractivity contribution in [1.29, 1.82) is 0 Å². The predicted molar refractivity (Wildman–Crippen MR) is 272 cm³/mol. The minimum atomic E-state index is -5.23. The van der Waals surface area contributed by atoms with Crippen LogP contribution >= 0.6 is 24.8 Å². The predicted octanol–water partition coefficient (Wildman–Crippen LogP) is 15.5. The second-order valence-electron chi connectivity index (χ2n) is 23.4. The number of benzene rings is 4. The Morgan fingerprint density at radius 1 is 0.639 bits per heavy atom. The quantitative estimate of drug-likeness (QED) is 0.165. The van der Waals surface area contributed by atoms with Crippen molar-refractivity contribution in [2.75, 3.05) is 0 Å². The Bertz CT molecular complexity index is 2600. The molecule has 0 aliphatic heterocycles. The van der Waals surface area contributed by atoms with Gasteiger partial charge in [0.25, 0.3) is 0 Å². The van der Waals surface area contributed by atoms with E-state index in [9.17, 15) is 0 Å². The zero-order valence-electron chi connectivity index (χ0n) is 40.6. The van der Waals surface area contributed by atoms with Crippen LogP contribution in [0.2, 0.25) is 0 Å². The van der Waals surface area contributed by atoms with Gasteiger partial charge in [-0.2, -0.15) is 0 Å². The topological polar surface area (TPSA) is 0 Å². The van der Waals surface area contributed by atoms with E-state index in [4.69, 9.17) is 4.21 Å². The fourth-order valence-corrected chi connectivity index (χ4v) is 32.9. The molecular formula is C58H74Cl2Zr. The summed E-state index contributed by atoms with van der Waals surface area (Å²) >= 11 is -5.23. The van der Waals surface area contributed by atoms with Gasteiger partial charge in [0.05, 0.1) is 0 Å². The second-order valence-corrected chi connectivity index (χ2v) is 36.0. The van der Waals surface area contributed by atoms with Crippen molar-refractivity contribution < 1.29 is 18.3 Å². The molecule has 1 unspecified atom stereocenters. The van der Waals surface area contributed by atoms with Gasteiger partial charge >= 0.3 is 362 Å². The van der Waals surface area contributed by atoms with Gasteiger partial charge in [0.2, 0.25) is 0 Å². The van der Waals surface area contributed by atoms with E-state index in [2.05, 4.69) is 203 Å². The van der Waals surface area contributed by atoms with Gasteiger partial charge in [-0.25, -0.2) is 0 Å². The fourth-order valence-electron chi connectivity index (χ4n) is 12.9. The van der Waals surface area contributed by atoms with Crippen molar-refractivity contribution in [3.63, 3.8) is 0 Å². The van der Waals surface area contributed by atoms with Gasteiger partial charge in [-0.3, -0.25) is 0 Å². The molecule has 8 rings (SSSR count). The Balaban J connectivity index is 0.00000311. The van der Waals surface area contributed by atoms with E-state index in [1.165, 1.54) is 78.9 Å². The number of rotatable bonds is 5. The average Bonchev–Trinajstić information content (AvgIpc) is 3.81. The first-order valence-electron chi connectivity index (χ1n) is 22.6. The molecule has 0 radical (unpaired) electrons.